The predicted octanol–water partition coefficient (Wildman–Crippen LogP) is 2.58. The van der Waals surface area contributed by atoms with Gasteiger partial charge >= 0.3 is 0 Å². The average molecular weight is 391 g/mol. The lowest BCUT2D eigenvalue weighted by atomic mass is 10.1. The van der Waals surface area contributed by atoms with Crippen molar-refractivity contribution >= 4 is 28.3 Å². The summed E-state index contributed by atoms with van der Waals surface area (Å²) in [5, 5.41) is 1.06. The highest BCUT2D eigenvalue weighted by Crippen LogP contribution is 2.47. The number of nitrogens with two attached hydrogens (primary N) is 1. The number of hydrogen-bond acceptors (Lipinski definition) is 5. The van der Waals surface area contributed by atoms with Crippen LogP contribution in [-0.2, 0) is 11.2 Å². The molecule has 0 atom stereocenters. The first kappa shape index (κ1) is 17.8. The highest BCUT2D eigenvalue weighted by Gasteiger charge is 2.53. The number of pyridine rings is 1. The van der Waals surface area contributed by atoms with E-state index in [0.717, 1.165) is 59.7 Å². The molecule has 1 aliphatic carbocycles. The molecule has 0 unspecified atom stereocenters. The zero-order valence-corrected chi connectivity index (χ0v) is 16.5. The SMILES string of the molecule is COc1cnc2[nH]ccc2c1N1CCN(C(=O)Cc2ccc(N)cc2)C2(CC2)C1. The molecule has 2 aliphatic rings. The van der Waals surface area contributed by atoms with Gasteiger partial charge in [0.2, 0.25) is 5.91 Å². The Kier molecular flexibility index (Phi) is 4.12. The Morgan fingerprint density at radius 2 is 2.03 bits per heavy atom. The third-order valence-corrected chi connectivity index (χ3v) is 6.18. The van der Waals surface area contributed by atoms with Gasteiger partial charge in [-0.1, -0.05) is 12.1 Å². The third-order valence-electron chi connectivity index (χ3n) is 6.18. The van der Waals surface area contributed by atoms with Gasteiger partial charge in [0.25, 0.3) is 0 Å². The zero-order valence-electron chi connectivity index (χ0n) is 16.5. The average Bonchev–Trinajstić information content (AvgIpc) is 3.31. The van der Waals surface area contributed by atoms with Gasteiger partial charge in [0.1, 0.15) is 5.65 Å². The Labute approximate surface area is 169 Å². The van der Waals surface area contributed by atoms with Crippen LogP contribution in [0.3, 0.4) is 0 Å². The lowest BCUT2D eigenvalue weighted by Crippen LogP contribution is -2.57. The van der Waals surface area contributed by atoms with Gasteiger partial charge in [0, 0.05) is 36.9 Å². The van der Waals surface area contributed by atoms with Crippen LogP contribution in [-0.4, -0.2) is 53.1 Å². The molecule has 1 spiro atoms. The van der Waals surface area contributed by atoms with Crippen LogP contribution in [0.4, 0.5) is 11.4 Å². The summed E-state index contributed by atoms with van der Waals surface area (Å²) in [5.74, 6) is 0.968. The number of fused-ring (bicyclic) bond motifs is 1. The lowest BCUT2D eigenvalue weighted by molar-refractivity contribution is -0.134. The Morgan fingerprint density at radius 3 is 2.76 bits per heavy atom. The first-order chi connectivity index (χ1) is 14.1. The number of H-pyrrole nitrogens is 1. The second-order valence-corrected chi connectivity index (χ2v) is 8.02. The van der Waals surface area contributed by atoms with Gasteiger partial charge in [-0.25, -0.2) is 4.98 Å². The van der Waals surface area contributed by atoms with E-state index in [4.69, 9.17) is 10.5 Å². The molecule has 2 aromatic heterocycles. The van der Waals surface area contributed by atoms with Crippen molar-refractivity contribution < 1.29 is 9.53 Å². The molecule has 1 amide bonds. The first-order valence-corrected chi connectivity index (χ1v) is 9.99. The van der Waals surface area contributed by atoms with E-state index >= 15 is 0 Å². The van der Waals surface area contributed by atoms with Crippen molar-refractivity contribution in [2.24, 2.45) is 0 Å². The van der Waals surface area contributed by atoms with Crippen LogP contribution in [0.25, 0.3) is 11.0 Å². The maximum Gasteiger partial charge on any atom is 0.227 e. The van der Waals surface area contributed by atoms with Gasteiger partial charge in [0.05, 0.1) is 31.0 Å². The molecule has 0 bridgehead atoms. The molecule has 1 aliphatic heterocycles. The fourth-order valence-corrected chi connectivity index (χ4v) is 4.49. The highest BCUT2D eigenvalue weighted by molar-refractivity contribution is 5.93. The quantitative estimate of drug-likeness (QED) is 0.668. The normalized spacial score (nSPS) is 17.7. The van der Waals surface area contributed by atoms with Crippen LogP contribution in [0.5, 0.6) is 5.75 Å². The Balaban J connectivity index is 1.38. The number of anilines is 2. The smallest absolute Gasteiger partial charge is 0.227 e. The van der Waals surface area contributed by atoms with Crippen molar-refractivity contribution in [3.8, 4) is 5.75 Å². The minimum Gasteiger partial charge on any atom is -0.493 e. The molecule has 1 aromatic carbocycles. The van der Waals surface area contributed by atoms with E-state index in [1.54, 1.807) is 13.3 Å². The van der Waals surface area contributed by atoms with Crippen LogP contribution >= 0.6 is 0 Å². The number of rotatable bonds is 4. The molecule has 2 fully saturated rings. The monoisotopic (exact) mass is 391 g/mol. The van der Waals surface area contributed by atoms with Crippen molar-refractivity contribution in [3.63, 3.8) is 0 Å². The van der Waals surface area contributed by atoms with Crippen molar-refractivity contribution in [1.82, 2.24) is 14.9 Å². The molecule has 1 saturated carbocycles. The number of methoxy groups -OCH3 is 1. The highest BCUT2D eigenvalue weighted by atomic mass is 16.5. The van der Waals surface area contributed by atoms with Crippen LogP contribution < -0.4 is 15.4 Å². The summed E-state index contributed by atoms with van der Waals surface area (Å²) in [6.45, 7) is 2.31. The van der Waals surface area contributed by atoms with Crippen molar-refractivity contribution in [3.05, 3.63) is 48.3 Å². The van der Waals surface area contributed by atoms with E-state index in [2.05, 4.69) is 19.8 Å². The molecule has 3 N–H and O–H groups in total. The van der Waals surface area contributed by atoms with Gasteiger partial charge < -0.3 is 25.3 Å². The number of nitrogens with one attached hydrogen (secondary N) is 1. The van der Waals surface area contributed by atoms with E-state index in [-0.39, 0.29) is 11.4 Å². The number of amides is 1. The fourth-order valence-electron chi connectivity index (χ4n) is 4.49. The topological polar surface area (TPSA) is 87.5 Å². The summed E-state index contributed by atoms with van der Waals surface area (Å²) in [5.41, 5.74) is 9.34. The molecule has 3 aromatic rings. The number of carbonyl (C=O) groups excluding carboxylic acids is 1. The minimum atomic E-state index is -0.0694. The molecule has 3 heterocycles. The summed E-state index contributed by atoms with van der Waals surface area (Å²) >= 11 is 0. The first-order valence-electron chi connectivity index (χ1n) is 9.99. The maximum absolute atomic E-state index is 13.1. The number of carbonyl (C=O) groups is 1. The molecule has 7 nitrogen and oxygen atoms in total. The maximum atomic E-state index is 13.1. The fraction of sp³-hybridized carbons (Fsp3) is 0.364. The van der Waals surface area contributed by atoms with Crippen molar-refractivity contribution in [2.75, 3.05) is 37.4 Å². The molecular weight excluding hydrogens is 366 g/mol. The summed E-state index contributed by atoms with van der Waals surface area (Å²) < 4.78 is 5.62. The van der Waals surface area contributed by atoms with Crippen LogP contribution in [0.2, 0.25) is 0 Å². The minimum absolute atomic E-state index is 0.0694. The number of nitrogens with zero attached hydrogens (tertiary/aromatic N) is 3. The summed E-state index contributed by atoms with van der Waals surface area (Å²) in [6, 6.07) is 9.62. The van der Waals surface area contributed by atoms with E-state index in [0.29, 0.717) is 13.0 Å². The number of benzene rings is 1. The number of piperazine rings is 1. The summed E-state index contributed by atoms with van der Waals surface area (Å²) in [7, 11) is 1.68. The Hall–Kier alpha value is -3.22. The lowest BCUT2D eigenvalue weighted by Gasteiger charge is -2.43. The number of aromatic amines is 1. The van der Waals surface area contributed by atoms with Crippen LogP contribution in [0.1, 0.15) is 18.4 Å². The van der Waals surface area contributed by atoms with Gasteiger partial charge in [-0.2, -0.15) is 0 Å². The van der Waals surface area contributed by atoms with Crippen LogP contribution in [0.15, 0.2) is 42.7 Å². The number of hydrogen-bond donors (Lipinski definition) is 2. The van der Waals surface area contributed by atoms with Crippen LogP contribution in [0, 0.1) is 0 Å². The molecule has 5 rings (SSSR count). The largest absolute Gasteiger partial charge is 0.493 e. The second kappa shape index (κ2) is 6.69. The number of ether oxygens (including phenoxy) is 1. The number of nitrogen functional groups attached to an aromatic ring is 1. The van der Waals surface area contributed by atoms with Crippen molar-refractivity contribution in [2.45, 2.75) is 24.8 Å². The Bertz CT molecular complexity index is 1050. The van der Waals surface area contributed by atoms with E-state index in [9.17, 15) is 4.79 Å². The van der Waals surface area contributed by atoms with E-state index in [1.807, 2.05) is 36.5 Å². The summed E-state index contributed by atoms with van der Waals surface area (Å²) in [4.78, 5) is 25.2. The third kappa shape index (κ3) is 3.06. The van der Waals surface area contributed by atoms with Gasteiger partial charge in [-0.3, -0.25) is 4.79 Å². The molecule has 29 heavy (non-hydrogen) atoms. The zero-order chi connectivity index (χ0) is 20.0. The van der Waals surface area contributed by atoms with E-state index < -0.39 is 0 Å². The molecule has 7 heteroatoms. The van der Waals surface area contributed by atoms with Crippen molar-refractivity contribution in [1.29, 1.82) is 0 Å². The molecule has 1 saturated heterocycles. The molecule has 0 radical (unpaired) electrons. The molecular formula is C22H25N5O2. The standard InChI is InChI=1S/C22H25N5O2/c1-29-18-13-25-21-17(6-9-24-21)20(18)26-10-11-27(22(14-26)7-8-22)19(28)12-15-2-4-16(23)5-3-15/h2-6,9,13H,7-8,10-12,14,23H2,1H3,(H,24,25). The predicted molar refractivity (Wildman–Crippen MR) is 113 cm³/mol. The van der Waals surface area contributed by atoms with E-state index in [1.165, 1.54) is 0 Å². The van der Waals surface area contributed by atoms with Gasteiger partial charge in [0.15, 0.2) is 5.75 Å². The second-order valence-electron chi connectivity index (χ2n) is 8.02. The molecule has 150 valence electrons. The summed E-state index contributed by atoms with van der Waals surface area (Å²) in [6.07, 6.45) is 6.18. The number of aromatic nitrogens is 2. The van der Waals surface area contributed by atoms with Gasteiger partial charge in [-0.05, 0) is 36.6 Å². The van der Waals surface area contributed by atoms with Gasteiger partial charge in [-0.15, -0.1) is 0 Å². The Morgan fingerprint density at radius 1 is 1.24 bits per heavy atom.